The summed E-state index contributed by atoms with van der Waals surface area (Å²) in [5, 5.41) is 3.01. The summed E-state index contributed by atoms with van der Waals surface area (Å²) in [5.41, 5.74) is 5.93. The topological polar surface area (TPSA) is 68.0 Å². The minimum atomic E-state index is 0.0258. The second-order valence-electron chi connectivity index (χ2n) is 2.70. The Kier molecular flexibility index (Phi) is 3.40. The molecule has 0 aliphatic rings. The van der Waals surface area contributed by atoms with E-state index in [2.05, 4.69) is 10.3 Å². The Morgan fingerprint density at radius 3 is 2.85 bits per heavy atom. The fourth-order valence-electron chi connectivity index (χ4n) is 0.907. The van der Waals surface area contributed by atoms with Crippen LogP contribution in [0.3, 0.4) is 0 Å². The first-order valence-corrected chi connectivity index (χ1v) is 4.15. The Bertz CT molecular complexity index is 281. The number of carbonyl (C=O) groups excluding carboxylic acids is 1. The van der Waals surface area contributed by atoms with Crippen LogP contribution in [0.15, 0.2) is 18.3 Å². The molecular weight excluding hydrogens is 166 g/mol. The Balaban J connectivity index is 2.64. The first-order valence-electron chi connectivity index (χ1n) is 4.15. The third-order valence-electron chi connectivity index (χ3n) is 1.62. The van der Waals surface area contributed by atoms with Crippen molar-refractivity contribution in [1.82, 2.24) is 4.98 Å². The van der Waals surface area contributed by atoms with Gasteiger partial charge in [-0.2, -0.15) is 0 Å². The van der Waals surface area contributed by atoms with Crippen LogP contribution in [0.2, 0.25) is 0 Å². The van der Waals surface area contributed by atoms with Gasteiger partial charge in [0.1, 0.15) is 5.82 Å². The standard InChI is InChI=1S/C9H13N3O/c1-7(13)8-2-3-9(12-6-8)11-5-4-10/h2-3,6H,4-5,10H2,1H3,(H,11,12). The molecule has 70 valence electrons. The van der Waals surface area contributed by atoms with Crippen molar-refractivity contribution in [3.63, 3.8) is 0 Å². The maximum atomic E-state index is 10.9. The van der Waals surface area contributed by atoms with Gasteiger partial charge in [-0.3, -0.25) is 4.79 Å². The van der Waals surface area contributed by atoms with Gasteiger partial charge in [0.15, 0.2) is 5.78 Å². The second-order valence-corrected chi connectivity index (χ2v) is 2.70. The van der Waals surface area contributed by atoms with Gasteiger partial charge >= 0.3 is 0 Å². The summed E-state index contributed by atoms with van der Waals surface area (Å²) in [6.45, 7) is 2.77. The molecule has 0 aliphatic heterocycles. The maximum Gasteiger partial charge on any atom is 0.161 e. The van der Waals surface area contributed by atoms with E-state index in [0.717, 1.165) is 5.82 Å². The number of hydrogen-bond acceptors (Lipinski definition) is 4. The molecule has 1 heterocycles. The lowest BCUT2D eigenvalue weighted by Gasteiger charge is -2.03. The number of ketones is 1. The fraction of sp³-hybridized carbons (Fsp3) is 0.333. The molecule has 4 nitrogen and oxygen atoms in total. The number of nitrogens with zero attached hydrogens (tertiary/aromatic N) is 1. The van der Waals surface area contributed by atoms with E-state index < -0.39 is 0 Å². The molecule has 0 amide bonds. The number of pyridine rings is 1. The van der Waals surface area contributed by atoms with E-state index in [4.69, 9.17) is 5.73 Å². The van der Waals surface area contributed by atoms with Gasteiger partial charge in [-0.25, -0.2) is 4.98 Å². The molecule has 3 N–H and O–H groups in total. The molecule has 4 heteroatoms. The maximum absolute atomic E-state index is 10.9. The highest BCUT2D eigenvalue weighted by molar-refractivity contribution is 5.93. The van der Waals surface area contributed by atoms with Crippen LogP contribution in [0.5, 0.6) is 0 Å². The number of hydrogen-bond donors (Lipinski definition) is 2. The zero-order valence-electron chi connectivity index (χ0n) is 7.58. The zero-order valence-corrected chi connectivity index (χ0v) is 7.58. The molecule has 0 radical (unpaired) electrons. The van der Waals surface area contributed by atoms with E-state index in [1.165, 1.54) is 6.92 Å². The molecule has 0 bridgehead atoms. The number of nitrogens with two attached hydrogens (primary N) is 1. The Hall–Kier alpha value is -1.42. The van der Waals surface area contributed by atoms with Gasteiger partial charge in [0, 0.05) is 24.8 Å². The molecule has 0 aromatic carbocycles. The molecule has 0 saturated carbocycles. The van der Waals surface area contributed by atoms with Gasteiger partial charge in [-0.05, 0) is 19.1 Å². The van der Waals surface area contributed by atoms with Crippen molar-refractivity contribution < 1.29 is 4.79 Å². The molecule has 1 rings (SSSR count). The van der Waals surface area contributed by atoms with Crippen LogP contribution in [-0.4, -0.2) is 23.9 Å². The zero-order chi connectivity index (χ0) is 9.68. The predicted octanol–water partition coefficient (Wildman–Crippen LogP) is 0.655. The summed E-state index contributed by atoms with van der Waals surface area (Å²) < 4.78 is 0. The first kappa shape index (κ1) is 9.67. The fourth-order valence-corrected chi connectivity index (χ4v) is 0.907. The second kappa shape index (κ2) is 4.57. The van der Waals surface area contributed by atoms with Crippen LogP contribution in [0, 0.1) is 0 Å². The third kappa shape index (κ3) is 2.83. The summed E-state index contributed by atoms with van der Waals surface area (Å²) in [5.74, 6) is 0.772. The average Bonchev–Trinajstić information content (AvgIpc) is 2.15. The summed E-state index contributed by atoms with van der Waals surface area (Å²) >= 11 is 0. The van der Waals surface area contributed by atoms with E-state index in [-0.39, 0.29) is 5.78 Å². The Morgan fingerprint density at radius 2 is 2.38 bits per heavy atom. The molecule has 13 heavy (non-hydrogen) atoms. The molecular formula is C9H13N3O. The summed E-state index contributed by atoms with van der Waals surface area (Å²) in [4.78, 5) is 14.9. The molecule has 0 aliphatic carbocycles. The molecule has 0 fully saturated rings. The van der Waals surface area contributed by atoms with Crippen LogP contribution in [-0.2, 0) is 0 Å². The molecule has 0 saturated heterocycles. The predicted molar refractivity (Wildman–Crippen MR) is 51.8 cm³/mol. The van der Waals surface area contributed by atoms with Crippen molar-refractivity contribution in [2.24, 2.45) is 5.73 Å². The number of carbonyl (C=O) groups is 1. The van der Waals surface area contributed by atoms with E-state index in [9.17, 15) is 4.79 Å². The first-order chi connectivity index (χ1) is 6.24. The minimum absolute atomic E-state index is 0.0258. The summed E-state index contributed by atoms with van der Waals surface area (Å²) in [6, 6.07) is 3.51. The largest absolute Gasteiger partial charge is 0.369 e. The van der Waals surface area contributed by atoms with Crippen molar-refractivity contribution >= 4 is 11.6 Å². The monoisotopic (exact) mass is 179 g/mol. The number of nitrogens with one attached hydrogen (secondary N) is 1. The lowest BCUT2D eigenvalue weighted by Crippen LogP contribution is -2.13. The van der Waals surface area contributed by atoms with E-state index in [1.807, 2.05) is 0 Å². The molecule has 1 aromatic rings. The van der Waals surface area contributed by atoms with E-state index in [0.29, 0.717) is 18.7 Å². The van der Waals surface area contributed by atoms with Crippen molar-refractivity contribution in [1.29, 1.82) is 0 Å². The van der Waals surface area contributed by atoms with Gasteiger partial charge in [0.25, 0.3) is 0 Å². The number of aromatic nitrogens is 1. The molecule has 0 spiro atoms. The van der Waals surface area contributed by atoms with Gasteiger partial charge in [-0.15, -0.1) is 0 Å². The molecule has 0 atom stereocenters. The number of rotatable bonds is 4. The average molecular weight is 179 g/mol. The van der Waals surface area contributed by atoms with Crippen LogP contribution < -0.4 is 11.1 Å². The lowest BCUT2D eigenvalue weighted by atomic mass is 10.2. The SMILES string of the molecule is CC(=O)c1ccc(NCCN)nc1. The van der Waals surface area contributed by atoms with Crippen LogP contribution in [0.1, 0.15) is 17.3 Å². The molecule has 0 unspecified atom stereocenters. The quantitative estimate of drug-likeness (QED) is 0.666. The summed E-state index contributed by atoms with van der Waals surface area (Å²) in [6.07, 6.45) is 1.56. The number of Topliss-reactive ketones (excluding diaryl/α,β-unsaturated/α-hetero) is 1. The van der Waals surface area contributed by atoms with Crippen molar-refractivity contribution in [2.45, 2.75) is 6.92 Å². The molecule has 1 aromatic heterocycles. The normalized spacial score (nSPS) is 9.69. The van der Waals surface area contributed by atoms with E-state index >= 15 is 0 Å². The minimum Gasteiger partial charge on any atom is -0.369 e. The van der Waals surface area contributed by atoms with Crippen molar-refractivity contribution in [3.8, 4) is 0 Å². The smallest absolute Gasteiger partial charge is 0.161 e. The van der Waals surface area contributed by atoms with Gasteiger partial charge < -0.3 is 11.1 Å². The summed E-state index contributed by atoms with van der Waals surface area (Å²) in [7, 11) is 0. The third-order valence-corrected chi connectivity index (χ3v) is 1.62. The van der Waals surface area contributed by atoms with Gasteiger partial charge in [0.2, 0.25) is 0 Å². The van der Waals surface area contributed by atoms with Crippen molar-refractivity contribution in [3.05, 3.63) is 23.9 Å². The van der Waals surface area contributed by atoms with Crippen LogP contribution in [0.25, 0.3) is 0 Å². The van der Waals surface area contributed by atoms with Crippen molar-refractivity contribution in [2.75, 3.05) is 18.4 Å². The Labute approximate surface area is 77.2 Å². The highest BCUT2D eigenvalue weighted by Crippen LogP contribution is 2.04. The van der Waals surface area contributed by atoms with Gasteiger partial charge in [-0.1, -0.05) is 0 Å². The lowest BCUT2D eigenvalue weighted by molar-refractivity contribution is 0.101. The van der Waals surface area contributed by atoms with Crippen LogP contribution in [0.4, 0.5) is 5.82 Å². The highest BCUT2D eigenvalue weighted by Gasteiger charge is 1.98. The van der Waals surface area contributed by atoms with Crippen LogP contribution >= 0.6 is 0 Å². The number of anilines is 1. The highest BCUT2D eigenvalue weighted by atomic mass is 16.1. The van der Waals surface area contributed by atoms with E-state index in [1.54, 1.807) is 18.3 Å². The Morgan fingerprint density at radius 1 is 1.62 bits per heavy atom. The van der Waals surface area contributed by atoms with Gasteiger partial charge in [0.05, 0.1) is 0 Å².